The van der Waals surface area contributed by atoms with Crippen LogP contribution in [0.1, 0.15) is 56.6 Å². The largest absolute Gasteiger partial charge is 0.446 e. The summed E-state index contributed by atoms with van der Waals surface area (Å²) >= 11 is 0. The van der Waals surface area contributed by atoms with Crippen molar-refractivity contribution in [1.82, 2.24) is 19.8 Å². The van der Waals surface area contributed by atoms with E-state index < -0.39 is 10.0 Å². The Hall–Kier alpha value is -2.14. The van der Waals surface area contributed by atoms with Crippen LogP contribution in [0.5, 0.6) is 0 Å². The predicted octanol–water partition coefficient (Wildman–Crippen LogP) is 1.54. The summed E-state index contributed by atoms with van der Waals surface area (Å²) in [5.41, 5.74) is 0.930. The van der Waals surface area contributed by atoms with Gasteiger partial charge in [0, 0.05) is 36.3 Å². The van der Waals surface area contributed by atoms with E-state index in [1.54, 1.807) is 0 Å². The van der Waals surface area contributed by atoms with Gasteiger partial charge in [-0.15, -0.1) is 0 Å². The number of H-pyrrole nitrogens is 1. The Morgan fingerprint density at radius 1 is 1.26 bits per heavy atom. The number of carbonyl (C=O) groups excluding carboxylic acids is 2. The second-order valence-electron chi connectivity index (χ2n) is 9.73. The van der Waals surface area contributed by atoms with Crippen molar-refractivity contribution in [1.29, 1.82) is 0 Å². The zero-order chi connectivity index (χ0) is 21.8. The quantitative estimate of drug-likeness (QED) is 0.601. The first-order valence-electron chi connectivity index (χ1n) is 11.0. The molecule has 11 heteroatoms. The van der Waals surface area contributed by atoms with Gasteiger partial charge in [0.05, 0.1) is 12.2 Å². The third-order valence-corrected chi connectivity index (χ3v) is 8.61. The lowest BCUT2D eigenvalue weighted by Gasteiger charge is -2.61. The molecule has 10 nitrogen and oxygen atoms in total. The number of nitrogens with zero attached hydrogens (tertiary/aromatic N) is 2. The number of ether oxygens (including phenoxy) is 1. The minimum atomic E-state index is -3.28. The van der Waals surface area contributed by atoms with Gasteiger partial charge >= 0.3 is 6.09 Å². The highest BCUT2D eigenvalue weighted by molar-refractivity contribution is 7.88. The molecule has 1 saturated heterocycles. The first kappa shape index (κ1) is 20.7. The molecule has 1 aromatic rings. The molecule has 4 aliphatic carbocycles. The number of aromatic amines is 1. The lowest BCUT2D eigenvalue weighted by atomic mass is 9.50. The van der Waals surface area contributed by atoms with Crippen molar-refractivity contribution in [3.63, 3.8) is 0 Å². The van der Waals surface area contributed by atoms with Gasteiger partial charge in [-0.05, 0) is 50.9 Å². The molecule has 0 unspecified atom stereocenters. The van der Waals surface area contributed by atoms with Gasteiger partial charge in [0.25, 0.3) is 0 Å². The molecular formula is C20H29N5O5S. The molecule has 2 bridgehead atoms. The summed E-state index contributed by atoms with van der Waals surface area (Å²) in [5.74, 6) is 0.834. The molecule has 5 aliphatic rings. The van der Waals surface area contributed by atoms with Crippen molar-refractivity contribution < 1.29 is 22.7 Å². The maximum Gasteiger partial charge on any atom is 0.407 e. The smallest absolute Gasteiger partial charge is 0.407 e. The van der Waals surface area contributed by atoms with Crippen LogP contribution >= 0.6 is 0 Å². The van der Waals surface area contributed by atoms with E-state index in [4.69, 9.17) is 4.74 Å². The van der Waals surface area contributed by atoms with E-state index in [9.17, 15) is 18.0 Å². The van der Waals surface area contributed by atoms with Crippen LogP contribution in [0.2, 0.25) is 0 Å². The second kappa shape index (κ2) is 7.47. The van der Waals surface area contributed by atoms with E-state index in [0.29, 0.717) is 18.8 Å². The Balaban J connectivity index is 1.10. The molecule has 0 spiro atoms. The predicted molar refractivity (Wildman–Crippen MR) is 112 cm³/mol. The second-order valence-corrected chi connectivity index (χ2v) is 11.7. The molecule has 1 aromatic heterocycles. The van der Waals surface area contributed by atoms with Gasteiger partial charge in [-0.1, -0.05) is 0 Å². The molecule has 0 aromatic carbocycles. The number of hydrogen-bond acceptors (Lipinski definition) is 6. The van der Waals surface area contributed by atoms with Crippen molar-refractivity contribution in [2.24, 2.45) is 11.8 Å². The fraction of sp³-hybridized carbons (Fsp3) is 0.750. The zero-order valence-corrected chi connectivity index (χ0v) is 18.4. The van der Waals surface area contributed by atoms with E-state index >= 15 is 0 Å². The third kappa shape index (κ3) is 4.17. The summed E-state index contributed by atoms with van der Waals surface area (Å²) in [4.78, 5) is 24.7. The van der Waals surface area contributed by atoms with Gasteiger partial charge in [-0.2, -0.15) is 5.10 Å². The van der Waals surface area contributed by atoms with E-state index in [0.717, 1.165) is 56.4 Å². The first-order chi connectivity index (χ1) is 14.7. The van der Waals surface area contributed by atoms with Crippen LogP contribution in [0.15, 0.2) is 6.07 Å². The van der Waals surface area contributed by atoms with E-state index in [2.05, 4.69) is 20.8 Å². The summed E-state index contributed by atoms with van der Waals surface area (Å²) < 4.78 is 30.2. The normalized spacial score (nSPS) is 34.6. The molecule has 3 N–H and O–H groups in total. The molecule has 4 saturated carbocycles. The Bertz CT molecular complexity index is 975. The van der Waals surface area contributed by atoms with Gasteiger partial charge in [-0.25, -0.2) is 17.5 Å². The van der Waals surface area contributed by atoms with Gasteiger partial charge < -0.3 is 15.4 Å². The average molecular weight is 452 g/mol. The molecule has 0 radical (unpaired) electrons. The Morgan fingerprint density at radius 3 is 2.68 bits per heavy atom. The summed E-state index contributed by atoms with van der Waals surface area (Å²) in [7, 11) is -3.28. The molecule has 5 fully saturated rings. The van der Waals surface area contributed by atoms with Crippen LogP contribution in [0.25, 0.3) is 0 Å². The molecular weight excluding hydrogens is 422 g/mol. The molecule has 3 atom stereocenters. The standard InChI is InChI=1S/C20H29N5O5S/c1-31(28,29)25-5-4-14(11-25)18(26)21-17-7-16(23-24-17)13-2-3-15(6-13)30-19(27)22-20-8-12(9-20)10-20/h7,12-15H,2-6,8-11H2,1H3,(H,22,27)(H2,21,23,24,26)/t12?,13-,14+,15+,20?/m0/s1. The highest BCUT2D eigenvalue weighted by Gasteiger charge is 2.57. The average Bonchev–Trinajstić information content (AvgIpc) is 3.36. The Morgan fingerprint density at radius 2 is 2.03 bits per heavy atom. The number of amides is 2. The van der Waals surface area contributed by atoms with E-state index in [1.807, 2.05) is 6.07 Å². The monoisotopic (exact) mass is 451 g/mol. The van der Waals surface area contributed by atoms with Crippen molar-refractivity contribution in [3.8, 4) is 0 Å². The van der Waals surface area contributed by atoms with Gasteiger partial charge in [-0.3, -0.25) is 9.89 Å². The molecule has 170 valence electrons. The number of rotatable bonds is 6. The highest BCUT2D eigenvalue weighted by atomic mass is 32.2. The highest BCUT2D eigenvalue weighted by Crippen LogP contribution is 2.57. The summed E-state index contributed by atoms with van der Waals surface area (Å²) in [6.45, 7) is 0.565. The van der Waals surface area contributed by atoms with E-state index in [1.165, 1.54) is 4.31 Å². The van der Waals surface area contributed by atoms with Crippen LogP contribution < -0.4 is 10.6 Å². The third-order valence-electron chi connectivity index (χ3n) is 7.34. The SMILES string of the molecule is CS(=O)(=O)N1CC[C@@H](C(=O)Nc2cc([C@H]3CC[C@@H](OC(=O)NC45CC(C4)C5)C3)[nH]n2)C1. The molecule has 31 heavy (non-hydrogen) atoms. The fourth-order valence-electron chi connectivity index (χ4n) is 5.44. The molecule has 2 amide bonds. The number of hydrogen-bond donors (Lipinski definition) is 3. The summed E-state index contributed by atoms with van der Waals surface area (Å²) in [6.07, 6.45) is 6.92. The molecule has 6 rings (SSSR count). The molecule has 2 heterocycles. The molecule has 1 aliphatic heterocycles. The lowest BCUT2D eigenvalue weighted by Crippen LogP contribution is -2.68. The van der Waals surface area contributed by atoms with Crippen molar-refractivity contribution in [3.05, 3.63) is 11.8 Å². The summed E-state index contributed by atoms with van der Waals surface area (Å²) in [6, 6.07) is 1.82. The van der Waals surface area contributed by atoms with Gasteiger partial charge in [0.1, 0.15) is 6.10 Å². The number of carbonyl (C=O) groups is 2. The lowest BCUT2D eigenvalue weighted by molar-refractivity contribution is -0.119. The van der Waals surface area contributed by atoms with Crippen molar-refractivity contribution in [2.75, 3.05) is 24.7 Å². The maximum absolute atomic E-state index is 12.5. The zero-order valence-electron chi connectivity index (χ0n) is 17.6. The van der Waals surface area contributed by atoms with Crippen LogP contribution in [-0.2, 0) is 19.6 Å². The number of alkyl carbamates (subject to hydrolysis) is 1. The minimum absolute atomic E-state index is 0.0217. The Kier molecular flexibility index (Phi) is 5.00. The van der Waals surface area contributed by atoms with E-state index in [-0.39, 0.29) is 42.0 Å². The van der Waals surface area contributed by atoms with Crippen molar-refractivity contribution in [2.45, 2.75) is 62.5 Å². The Labute approximate surface area is 181 Å². The van der Waals surface area contributed by atoms with Gasteiger partial charge in [0.2, 0.25) is 15.9 Å². The van der Waals surface area contributed by atoms with Crippen molar-refractivity contribution >= 4 is 27.8 Å². The number of aromatic nitrogens is 2. The summed E-state index contributed by atoms with van der Waals surface area (Å²) in [5, 5.41) is 13.0. The van der Waals surface area contributed by atoms with Crippen LogP contribution in [0.3, 0.4) is 0 Å². The minimum Gasteiger partial charge on any atom is -0.446 e. The topological polar surface area (TPSA) is 133 Å². The fourth-order valence-corrected chi connectivity index (χ4v) is 6.33. The van der Waals surface area contributed by atoms with Crippen LogP contribution in [0, 0.1) is 11.8 Å². The van der Waals surface area contributed by atoms with Gasteiger partial charge in [0.15, 0.2) is 5.82 Å². The maximum atomic E-state index is 12.5. The number of nitrogens with one attached hydrogen (secondary N) is 3. The number of anilines is 1. The first-order valence-corrected chi connectivity index (χ1v) is 12.8. The van der Waals surface area contributed by atoms with Crippen LogP contribution in [0.4, 0.5) is 10.6 Å². The number of sulfonamides is 1. The van der Waals surface area contributed by atoms with Crippen LogP contribution in [-0.4, -0.2) is 65.9 Å².